The van der Waals surface area contributed by atoms with Gasteiger partial charge in [0.2, 0.25) is 0 Å². The Morgan fingerprint density at radius 1 is 1.19 bits per heavy atom. The van der Waals surface area contributed by atoms with E-state index in [2.05, 4.69) is 5.32 Å². The van der Waals surface area contributed by atoms with Crippen molar-refractivity contribution < 1.29 is 14.3 Å². The van der Waals surface area contributed by atoms with Crippen molar-refractivity contribution in [2.45, 2.75) is 31.2 Å². The summed E-state index contributed by atoms with van der Waals surface area (Å²) in [5, 5.41) is 3.01. The van der Waals surface area contributed by atoms with Gasteiger partial charge in [-0.1, -0.05) is 25.1 Å². The van der Waals surface area contributed by atoms with Crippen LogP contribution in [-0.4, -0.2) is 29.6 Å². The summed E-state index contributed by atoms with van der Waals surface area (Å²) < 4.78 is 11.0. The van der Waals surface area contributed by atoms with E-state index < -0.39 is 5.54 Å². The molecule has 5 nitrogen and oxygen atoms in total. The molecule has 3 rings (SSSR count). The van der Waals surface area contributed by atoms with E-state index >= 15 is 0 Å². The van der Waals surface area contributed by atoms with Crippen LogP contribution in [0.4, 0.5) is 0 Å². The van der Waals surface area contributed by atoms with Crippen LogP contribution in [0.15, 0.2) is 18.2 Å². The summed E-state index contributed by atoms with van der Waals surface area (Å²) in [5.41, 5.74) is 5.83. The van der Waals surface area contributed by atoms with Gasteiger partial charge in [0.25, 0.3) is 5.91 Å². The van der Waals surface area contributed by atoms with Crippen molar-refractivity contribution in [3.63, 3.8) is 0 Å². The first-order chi connectivity index (χ1) is 10.1. The van der Waals surface area contributed by atoms with Crippen LogP contribution in [0.1, 0.15) is 36.0 Å². The third-order valence-electron chi connectivity index (χ3n) is 4.09. The first kappa shape index (κ1) is 14.1. The number of hydrogen-bond acceptors (Lipinski definition) is 4. The Morgan fingerprint density at radius 2 is 1.86 bits per heavy atom. The smallest absolute Gasteiger partial charge is 0.252 e. The summed E-state index contributed by atoms with van der Waals surface area (Å²) in [7, 11) is 0. The summed E-state index contributed by atoms with van der Waals surface area (Å²) in [4.78, 5) is 12.8. The number of benzene rings is 1. The predicted octanol–water partition coefficient (Wildman–Crippen LogP) is 1.79. The molecule has 1 aromatic carbocycles. The maximum atomic E-state index is 12.5. The minimum absolute atomic E-state index is 0.179. The Hall–Kier alpha value is -1.82. The summed E-state index contributed by atoms with van der Waals surface area (Å²) in [6, 6.07) is 5.18. The molecule has 0 spiro atoms. The summed E-state index contributed by atoms with van der Waals surface area (Å²) >= 11 is 5.15. The van der Waals surface area contributed by atoms with Gasteiger partial charge >= 0.3 is 0 Å². The quantitative estimate of drug-likeness (QED) is 0.833. The molecular weight excluding hydrogens is 288 g/mol. The molecule has 3 N–H and O–H groups in total. The molecule has 0 atom stereocenters. The average molecular weight is 306 g/mol. The molecule has 0 radical (unpaired) electrons. The van der Waals surface area contributed by atoms with E-state index in [1.54, 1.807) is 18.2 Å². The van der Waals surface area contributed by atoms with Crippen molar-refractivity contribution in [3.8, 4) is 11.5 Å². The normalized spacial score (nSPS) is 19.0. The van der Waals surface area contributed by atoms with Crippen LogP contribution in [0, 0.1) is 0 Å². The maximum Gasteiger partial charge on any atom is 0.252 e. The van der Waals surface area contributed by atoms with Crippen molar-refractivity contribution in [1.29, 1.82) is 0 Å². The van der Waals surface area contributed by atoms with Gasteiger partial charge in [0.15, 0.2) is 11.5 Å². The van der Waals surface area contributed by atoms with Gasteiger partial charge in [-0.3, -0.25) is 4.79 Å². The van der Waals surface area contributed by atoms with Crippen LogP contribution < -0.4 is 20.5 Å². The molecule has 1 saturated carbocycles. The molecular formula is C15H18N2O3S. The fourth-order valence-corrected chi connectivity index (χ4v) is 3.14. The standard InChI is InChI=1S/C15H18N2O3S/c16-14(21)15(5-1-2-6-15)17-13(18)10-3-4-11-12(9-10)20-8-7-19-11/h3-4,9H,1-2,5-8H2,(H2,16,21)(H,17,18). The summed E-state index contributed by atoms with van der Waals surface area (Å²) in [5.74, 6) is 1.09. The highest BCUT2D eigenvalue weighted by molar-refractivity contribution is 7.80. The van der Waals surface area contributed by atoms with E-state index in [4.69, 9.17) is 27.4 Å². The van der Waals surface area contributed by atoms with Crippen LogP contribution in [0.3, 0.4) is 0 Å². The van der Waals surface area contributed by atoms with Gasteiger partial charge in [0.05, 0.1) is 10.5 Å². The topological polar surface area (TPSA) is 73.6 Å². The SMILES string of the molecule is NC(=S)C1(NC(=O)c2ccc3c(c2)OCCO3)CCCC1. The zero-order chi connectivity index (χ0) is 14.9. The highest BCUT2D eigenvalue weighted by atomic mass is 32.1. The van der Waals surface area contributed by atoms with Crippen LogP contribution in [0.25, 0.3) is 0 Å². The maximum absolute atomic E-state index is 12.5. The van der Waals surface area contributed by atoms with E-state index in [1.807, 2.05) is 0 Å². The van der Waals surface area contributed by atoms with Crippen LogP contribution in [0.5, 0.6) is 11.5 Å². The molecule has 2 aliphatic rings. The number of nitrogens with two attached hydrogens (primary N) is 1. The predicted molar refractivity (Wildman–Crippen MR) is 82.9 cm³/mol. The summed E-state index contributed by atoms with van der Waals surface area (Å²) in [6.45, 7) is 1.03. The Labute approximate surface area is 128 Å². The number of carbonyl (C=O) groups is 1. The molecule has 1 amide bonds. The molecule has 1 aliphatic carbocycles. The van der Waals surface area contributed by atoms with E-state index in [0.717, 1.165) is 25.7 Å². The van der Waals surface area contributed by atoms with Crippen LogP contribution in [0.2, 0.25) is 0 Å². The number of thiocarbonyl (C=S) groups is 1. The van der Waals surface area contributed by atoms with Gasteiger partial charge in [0.1, 0.15) is 13.2 Å². The molecule has 1 heterocycles. The lowest BCUT2D eigenvalue weighted by Gasteiger charge is -2.29. The molecule has 112 valence electrons. The first-order valence-electron chi connectivity index (χ1n) is 7.13. The first-order valence-corrected chi connectivity index (χ1v) is 7.54. The minimum Gasteiger partial charge on any atom is -0.486 e. The molecule has 6 heteroatoms. The molecule has 0 unspecified atom stereocenters. The number of nitrogens with one attached hydrogen (secondary N) is 1. The van der Waals surface area contributed by atoms with Crippen molar-refractivity contribution in [2.75, 3.05) is 13.2 Å². The monoisotopic (exact) mass is 306 g/mol. The van der Waals surface area contributed by atoms with Gasteiger partial charge in [-0.25, -0.2) is 0 Å². The number of fused-ring (bicyclic) bond motifs is 1. The van der Waals surface area contributed by atoms with Gasteiger partial charge in [-0.2, -0.15) is 0 Å². The Morgan fingerprint density at radius 3 is 2.52 bits per heavy atom. The van der Waals surface area contributed by atoms with E-state index in [1.165, 1.54) is 0 Å². The molecule has 0 bridgehead atoms. The average Bonchev–Trinajstić information content (AvgIpc) is 2.96. The van der Waals surface area contributed by atoms with Crippen molar-refractivity contribution in [2.24, 2.45) is 5.73 Å². The Bertz CT molecular complexity index is 582. The van der Waals surface area contributed by atoms with E-state index in [-0.39, 0.29) is 5.91 Å². The molecule has 0 saturated heterocycles. The van der Waals surface area contributed by atoms with Gasteiger partial charge in [0, 0.05) is 5.56 Å². The molecule has 21 heavy (non-hydrogen) atoms. The lowest BCUT2D eigenvalue weighted by atomic mass is 9.97. The number of rotatable bonds is 3. The third kappa shape index (κ3) is 2.68. The molecule has 0 aromatic heterocycles. The van der Waals surface area contributed by atoms with Crippen molar-refractivity contribution >= 4 is 23.1 Å². The van der Waals surface area contributed by atoms with Gasteiger partial charge in [-0.05, 0) is 31.0 Å². The lowest BCUT2D eigenvalue weighted by molar-refractivity contribution is 0.0923. The van der Waals surface area contributed by atoms with Crippen LogP contribution in [-0.2, 0) is 0 Å². The zero-order valence-electron chi connectivity index (χ0n) is 11.7. The fraction of sp³-hybridized carbons (Fsp3) is 0.467. The second kappa shape index (κ2) is 5.52. The zero-order valence-corrected chi connectivity index (χ0v) is 12.5. The lowest BCUT2D eigenvalue weighted by Crippen LogP contribution is -2.54. The Balaban J connectivity index is 1.80. The molecule has 1 fully saturated rings. The van der Waals surface area contributed by atoms with E-state index in [0.29, 0.717) is 35.3 Å². The number of hydrogen-bond donors (Lipinski definition) is 2. The van der Waals surface area contributed by atoms with Crippen LogP contribution >= 0.6 is 12.2 Å². The number of carbonyl (C=O) groups excluding carboxylic acids is 1. The highest BCUT2D eigenvalue weighted by Crippen LogP contribution is 2.33. The second-order valence-electron chi connectivity index (χ2n) is 5.47. The number of amides is 1. The van der Waals surface area contributed by atoms with Crippen molar-refractivity contribution in [1.82, 2.24) is 5.32 Å². The van der Waals surface area contributed by atoms with Gasteiger partial charge in [-0.15, -0.1) is 0 Å². The number of ether oxygens (including phenoxy) is 2. The van der Waals surface area contributed by atoms with E-state index in [9.17, 15) is 4.79 Å². The highest BCUT2D eigenvalue weighted by Gasteiger charge is 2.38. The fourth-order valence-electron chi connectivity index (χ4n) is 2.89. The minimum atomic E-state index is -0.542. The molecule has 1 aromatic rings. The third-order valence-corrected chi connectivity index (χ3v) is 4.48. The largest absolute Gasteiger partial charge is 0.486 e. The van der Waals surface area contributed by atoms with Crippen molar-refractivity contribution in [3.05, 3.63) is 23.8 Å². The molecule has 1 aliphatic heterocycles. The van der Waals surface area contributed by atoms with Gasteiger partial charge < -0.3 is 20.5 Å². The second-order valence-corrected chi connectivity index (χ2v) is 5.91. The Kier molecular flexibility index (Phi) is 3.71. The summed E-state index contributed by atoms with van der Waals surface area (Å²) in [6.07, 6.45) is 3.66.